The summed E-state index contributed by atoms with van der Waals surface area (Å²) in [6, 6.07) is 3.36. The molecule has 74 valence electrons. The van der Waals surface area contributed by atoms with E-state index in [9.17, 15) is 0 Å². The molecule has 0 saturated heterocycles. The van der Waals surface area contributed by atoms with Gasteiger partial charge in [0.2, 0.25) is 0 Å². The van der Waals surface area contributed by atoms with Crippen molar-refractivity contribution in [1.82, 2.24) is 5.32 Å². The van der Waals surface area contributed by atoms with Crippen molar-refractivity contribution in [2.45, 2.75) is 6.54 Å². The van der Waals surface area contributed by atoms with Gasteiger partial charge in [-0.2, -0.15) is 0 Å². The molecular weight excluding hydrogens is 252 g/mol. The van der Waals surface area contributed by atoms with Gasteiger partial charge < -0.3 is 5.32 Å². The van der Waals surface area contributed by atoms with Crippen LogP contribution >= 0.6 is 47.2 Å². The highest BCUT2D eigenvalue weighted by Gasteiger charge is 2.05. The molecule has 0 bridgehead atoms. The summed E-state index contributed by atoms with van der Waals surface area (Å²) < 4.78 is 0. The number of rotatable bonds is 2. The fraction of sp³-hybridized carbons (Fsp3) is 0.250. The molecular formula is C8H9Cl4N. The van der Waals surface area contributed by atoms with Crippen molar-refractivity contribution in [2.24, 2.45) is 0 Å². The smallest absolute Gasteiger partial charge is 0.0480 e. The largest absolute Gasteiger partial charge is 0.316 e. The highest BCUT2D eigenvalue weighted by Crippen LogP contribution is 2.28. The first-order chi connectivity index (χ1) is 5.65. The molecule has 0 aliphatic rings. The van der Waals surface area contributed by atoms with Gasteiger partial charge >= 0.3 is 0 Å². The van der Waals surface area contributed by atoms with Gasteiger partial charge in [0.15, 0.2) is 0 Å². The van der Waals surface area contributed by atoms with Gasteiger partial charge in [0, 0.05) is 27.2 Å². The molecule has 0 aliphatic heterocycles. The van der Waals surface area contributed by atoms with Gasteiger partial charge in [-0.15, -0.1) is 12.4 Å². The lowest BCUT2D eigenvalue weighted by Gasteiger charge is -2.06. The zero-order valence-electron chi connectivity index (χ0n) is 6.90. The molecule has 0 aliphatic carbocycles. The van der Waals surface area contributed by atoms with Crippen molar-refractivity contribution in [1.29, 1.82) is 0 Å². The molecule has 1 aromatic carbocycles. The van der Waals surface area contributed by atoms with Gasteiger partial charge in [-0.05, 0) is 19.2 Å². The zero-order chi connectivity index (χ0) is 9.14. The Hall–Kier alpha value is 0.340. The molecule has 0 heterocycles. The molecule has 5 heteroatoms. The standard InChI is InChI=1S/C8H8Cl3N.ClH/c1-12-4-6-7(10)2-5(9)3-8(6)11;/h2-3,12H,4H2,1H3;1H. The zero-order valence-corrected chi connectivity index (χ0v) is 9.99. The van der Waals surface area contributed by atoms with Crippen LogP contribution in [0.3, 0.4) is 0 Å². The third kappa shape index (κ3) is 3.53. The Bertz CT molecular complexity index is 264. The van der Waals surface area contributed by atoms with E-state index in [4.69, 9.17) is 34.8 Å². The number of halogens is 4. The summed E-state index contributed by atoms with van der Waals surface area (Å²) in [5.74, 6) is 0. The molecule has 0 saturated carbocycles. The van der Waals surface area contributed by atoms with Crippen LogP contribution in [-0.4, -0.2) is 7.05 Å². The van der Waals surface area contributed by atoms with Crippen molar-refractivity contribution in [2.75, 3.05) is 7.05 Å². The van der Waals surface area contributed by atoms with E-state index in [0.29, 0.717) is 21.6 Å². The van der Waals surface area contributed by atoms with Gasteiger partial charge in [0.1, 0.15) is 0 Å². The predicted molar refractivity (Wildman–Crippen MR) is 61.5 cm³/mol. The minimum absolute atomic E-state index is 0. The second-order valence-corrected chi connectivity index (χ2v) is 3.63. The maximum absolute atomic E-state index is 5.90. The molecule has 0 unspecified atom stereocenters. The molecule has 0 atom stereocenters. The Morgan fingerprint density at radius 2 is 1.62 bits per heavy atom. The number of hydrogen-bond donors (Lipinski definition) is 1. The van der Waals surface area contributed by atoms with Gasteiger partial charge in [-0.3, -0.25) is 0 Å². The van der Waals surface area contributed by atoms with Crippen molar-refractivity contribution < 1.29 is 0 Å². The lowest BCUT2D eigenvalue weighted by Crippen LogP contribution is -2.06. The molecule has 1 aromatic rings. The summed E-state index contributed by atoms with van der Waals surface area (Å²) in [6.07, 6.45) is 0. The molecule has 0 radical (unpaired) electrons. The molecule has 1 N–H and O–H groups in total. The fourth-order valence-corrected chi connectivity index (χ4v) is 1.87. The average Bonchev–Trinajstić information content (AvgIpc) is 1.96. The van der Waals surface area contributed by atoms with E-state index >= 15 is 0 Å². The number of hydrogen-bond acceptors (Lipinski definition) is 1. The van der Waals surface area contributed by atoms with E-state index in [-0.39, 0.29) is 12.4 Å². The third-order valence-electron chi connectivity index (χ3n) is 1.46. The van der Waals surface area contributed by atoms with Crippen LogP contribution in [0, 0.1) is 0 Å². The molecule has 0 amide bonds. The van der Waals surface area contributed by atoms with E-state index < -0.39 is 0 Å². The summed E-state index contributed by atoms with van der Waals surface area (Å²) in [6.45, 7) is 0.648. The Kier molecular flexibility index (Phi) is 6.10. The van der Waals surface area contributed by atoms with Crippen LogP contribution in [0.4, 0.5) is 0 Å². The monoisotopic (exact) mass is 259 g/mol. The number of nitrogens with one attached hydrogen (secondary N) is 1. The number of benzene rings is 1. The maximum atomic E-state index is 5.90. The van der Waals surface area contributed by atoms with E-state index in [1.54, 1.807) is 12.1 Å². The molecule has 0 aromatic heterocycles. The summed E-state index contributed by atoms with van der Waals surface area (Å²) in [5.41, 5.74) is 0.880. The van der Waals surface area contributed by atoms with E-state index in [2.05, 4.69) is 5.32 Å². The van der Waals surface area contributed by atoms with Crippen molar-refractivity contribution in [3.63, 3.8) is 0 Å². The van der Waals surface area contributed by atoms with Crippen LogP contribution in [0.25, 0.3) is 0 Å². The summed E-state index contributed by atoms with van der Waals surface area (Å²) >= 11 is 17.5. The van der Waals surface area contributed by atoms with Crippen LogP contribution in [0.1, 0.15) is 5.56 Å². The van der Waals surface area contributed by atoms with Crippen LogP contribution in [0.15, 0.2) is 12.1 Å². The molecule has 13 heavy (non-hydrogen) atoms. The van der Waals surface area contributed by atoms with Crippen LogP contribution < -0.4 is 5.32 Å². The Labute approximate surface area is 98.8 Å². The van der Waals surface area contributed by atoms with Gasteiger partial charge in [-0.1, -0.05) is 34.8 Å². The molecule has 0 fully saturated rings. The minimum Gasteiger partial charge on any atom is -0.316 e. The predicted octanol–water partition coefficient (Wildman–Crippen LogP) is 3.79. The second kappa shape index (κ2) is 5.94. The first kappa shape index (κ1) is 13.3. The highest BCUT2D eigenvalue weighted by atomic mass is 35.5. The lowest BCUT2D eigenvalue weighted by atomic mass is 10.2. The second-order valence-electron chi connectivity index (χ2n) is 2.38. The van der Waals surface area contributed by atoms with E-state index in [1.165, 1.54) is 0 Å². The molecule has 0 spiro atoms. The first-order valence-corrected chi connectivity index (χ1v) is 4.56. The Morgan fingerprint density at radius 3 is 2.00 bits per heavy atom. The first-order valence-electron chi connectivity index (χ1n) is 3.43. The van der Waals surface area contributed by atoms with Crippen molar-refractivity contribution in [3.05, 3.63) is 32.8 Å². The summed E-state index contributed by atoms with van der Waals surface area (Å²) in [5, 5.41) is 4.73. The normalized spacial score (nSPS) is 9.54. The highest BCUT2D eigenvalue weighted by molar-refractivity contribution is 6.39. The van der Waals surface area contributed by atoms with Crippen LogP contribution in [-0.2, 0) is 6.54 Å². The third-order valence-corrected chi connectivity index (χ3v) is 2.35. The average molecular weight is 261 g/mol. The van der Waals surface area contributed by atoms with Crippen molar-refractivity contribution in [3.8, 4) is 0 Å². The van der Waals surface area contributed by atoms with E-state index in [1.807, 2.05) is 7.05 Å². The minimum atomic E-state index is 0. The Morgan fingerprint density at radius 1 is 1.15 bits per heavy atom. The quantitative estimate of drug-likeness (QED) is 0.853. The SMILES string of the molecule is CNCc1c(Cl)cc(Cl)cc1Cl.Cl. The topological polar surface area (TPSA) is 12.0 Å². The summed E-state index contributed by atoms with van der Waals surface area (Å²) in [4.78, 5) is 0. The lowest BCUT2D eigenvalue weighted by molar-refractivity contribution is 0.818. The fourth-order valence-electron chi connectivity index (χ4n) is 0.918. The van der Waals surface area contributed by atoms with Gasteiger partial charge in [0.25, 0.3) is 0 Å². The summed E-state index contributed by atoms with van der Waals surface area (Å²) in [7, 11) is 1.83. The van der Waals surface area contributed by atoms with Crippen LogP contribution in [0.2, 0.25) is 15.1 Å². The van der Waals surface area contributed by atoms with Gasteiger partial charge in [0.05, 0.1) is 0 Å². The van der Waals surface area contributed by atoms with Crippen LogP contribution in [0.5, 0.6) is 0 Å². The maximum Gasteiger partial charge on any atom is 0.0480 e. The Balaban J connectivity index is 0.00000144. The van der Waals surface area contributed by atoms with Crippen molar-refractivity contribution >= 4 is 47.2 Å². The van der Waals surface area contributed by atoms with E-state index in [0.717, 1.165) is 5.56 Å². The van der Waals surface area contributed by atoms with Gasteiger partial charge in [-0.25, -0.2) is 0 Å². The molecule has 1 rings (SSSR count). The molecule has 1 nitrogen and oxygen atoms in total.